The molecule has 2 atom stereocenters. The fourth-order valence-corrected chi connectivity index (χ4v) is 2.83. The largest absolute Gasteiger partial charge is 0.390 e. The molecule has 1 aliphatic rings. The van der Waals surface area contributed by atoms with Crippen molar-refractivity contribution < 1.29 is 13.9 Å². The normalized spacial score (nSPS) is 29.3. The van der Waals surface area contributed by atoms with E-state index in [1.54, 1.807) is 6.07 Å². The third-order valence-corrected chi connectivity index (χ3v) is 3.62. The van der Waals surface area contributed by atoms with Crippen LogP contribution in [-0.2, 0) is 6.42 Å². The van der Waals surface area contributed by atoms with Crippen molar-refractivity contribution in [3.63, 3.8) is 0 Å². The molecule has 1 N–H and O–H groups in total. The number of hydrogen-bond acceptors (Lipinski definition) is 1. The zero-order chi connectivity index (χ0) is 12.5. The Kier molecular flexibility index (Phi) is 3.48. The second kappa shape index (κ2) is 4.73. The van der Waals surface area contributed by atoms with Crippen molar-refractivity contribution in [3.8, 4) is 0 Å². The Morgan fingerprint density at radius 1 is 1.41 bits per heavy atom. The van der Waals surface area contributed by atoms with E-state index < -0.39 is 17.2 Å². The molecule has 1 aromatic carbocycles. The van der Waals surface area contributed by atoms with Gasteiger partial charge in [0.25, 0.3) is 0 Å². The number of hydrogen-bond donors (Lipinski definition) is 1. The topological polar surface area (TPSA) is 20.2 Å². The maximum Gasteiger partial charge on any atom is 0.162 e. The van der Waals surface area contributed by atoms with Gasteiger partial charge in [0, 0.05) is 6.42 Å². The Hall–Kier alpha value is -0.960. The molecule has 2 unspecified atom stereocenters. The van der Waals surface area contributed by atoms with Gasteiger partial charge in [-0.1, -0.05) is 31.9 Å². The van der Waals surface area contributed by atoms with Gasteiger partial charge in [0.2, 0.25) is 0 Å². The van der Waals surface area contributed by atoms with Crippen LogP contribution in [0.25, 0.3) is 0 Å². The highest BCUT2D eigenvalue weighted by Crippen LogP contribution is 2.35. The van der Waals surface area contributed by atoms with Gasteiger partial charge in [0.1, 0.15) is 0 Å². The van der Waals surface area contributed by atoms with Crippen LogP contribution in [0, 0.1) is 17.6 Å². The second-order valence-corrected chi connectivity index (χ2v) is 5.32. The maximum atomic E-state index is 13.5. The molecule has 1 aliphatic carbocycles. The molecular weight excluding hydrogens is 222 g/mol. The van der Waals surface area contributed by atoms with Crippen molar-refractivity contribution in [1.82, 2.24) is 0 Å². The van der Waals surface area contributed by atoms with E-state index in [1.807, 2.05) is 0 Å². The van der Waals surface area contributed by atoms with Crippen LogP contribution in [0.3, 0.4) is 0 Å². The van der Waals surface area contributed by atoms with Crippen molar-refractivity contribution in [1.29, 1.82) is 0 Å². The molecule has 1 saturated carbocycles. The lowest BCUT2D eigenvalue weighted by Gasteiger charge is -2.35. The first-order valence-corrected chi connectivity index (χ1v) is 6.15. The summed E-state index contributed by atoms with van der Waals surface area (Å²) in [4.78, 5) is 0. The lowest BCUT2D eigenvalue weighted by atomic mass is 9.76. The van der Waals surface area contributed by atoms with Crippen LogP contribution in [-0.4, -0.2) is 10.7 Å². The molecule has 0 amide bonds. The molecule has 0 aliphatic heterocycles. The van der Waals surface area contributed by atoms with Crippen molar-refractivity contribution >= 4 is 0 Å². The van der Waals surface area contributed by atoms with Crippen LogP contribution in [0.15, 0.2) is 18.2 Å². The highest BCUT2D eigenvalue weighted by molar-refractivity contribution is 5.21. The minimum absolute atomic E-state index is 0.209. The van der Waals surface area contributed by atoms with E-state index in [0.29, 0.717) is 18.8 Å². The molecule has 2 rings (SSSR count). The van der Waals surface area contributed by atoms with Crippen LogP contribution in [0.5, 0.6) is 0 Å². The van der Waals surface area contributed by atoms with E-state index >= 15 is 0 Å². The van der Waals surface area contributed by atoms with Gasteiger partial charge in [-0.05, 0) is 30.4 Å². The van der Waals surface area contributed by atoms with E-state index in [0.717, 1.165) is 18.9 Å². The summed E-state index contributed by atoms with van der Waals surface area (Å²) in [6, 6.07) is 4.14. The van der Waals surface area contributed by atoms with Gasteiger partial charge in [-0.15, -0.1) is 0 Å². The van der Waals surface area contributed by atoms with E-state index in [4.69, 9.17) is 0 Å². The number of aliphatic hydroxyl groups is 1. The van der Waals surface area contributed by atoms with Crippen molar-refractivity contribution in [3.05, 3.63) is 35.4 Å². The zero-order valence-electron chi connectivity index (χ0n) is 10.0. The number of halogens is 2. The van der Waals surface area contributed by atoms with E-state index in [9.17, 15) is 13.9 Å². The summed E-state index contributed by atoms with van der Waals surface area (Å²) in [5.74, 6) is -1.21. The van der Waals surface area contributed by atoms with Crippen LogP contribution < -0.4 is 0 Å². The second-order valence-electron chi connectivity index (χ2n) is 5.32. The van der Waals surface area contributed by atoms with Crippen molar-refractivity contribution in [2.75, 3.05) is 0 Å². The van der Waals surface area contributed by atoms with Crippen LogP contribution in [0.2, 0.25) is 0 Å². The molecule has 0 aromatic heterocycles. The molecule has 0 radical (unpaired) electrons. The average molecular weight is 240 g/mol. The highest BCUT2D eigenvalue weighted by Gasteiger charge is 2.33. The summed E-state index contributed by atoms with van der Waals surface area (Å²) in [7, 11) is 0. The highest BCUT2D eigenvalue weighted by atomic mass is 19.2. The quantitative estimate of drug-likeness (QED) is 0.839. The molecule has 1 fully saturated rings. The summed E-state index contributed by atoms with van der Waals surface area (Å²) in [6.45, 7) is 2.09. The Labute approximate surface area is 100 Å². The number of rotatable bonds is 2. The van der Waals surface area contributed by atoms with Crippen LogP contribution in [0.4, 0.5) is 8.78 Å². The molecule has 94 valence electrons. The Morgan fingerprint density at radius 3 is 2.88 bits per heavy atom. The average Bonchev–Trinajstić information content (AvgIpc) is 2.24. The molecule has 1 aromatic rings. The SMILES string of the molecule is CC1CCCC(O)(Cc2cccc(F)c2F)C1. The third kappa shape index (κ3) is 2.83. The van der Waals surface area contributed by atoms with Crippen molar-refractivity contribution in [2.24, 2.45) is 5.92 Å². The molecular formula is C14H18F2O. The predicted molar refractivity (Wildman–Crippen MR) is 62.6 cm³/mol. The summed E-state index contributed by atoms with van der Waals surface area (Å²) >= 11 is 0. The Balaban J connectivity index is 2.17. The lowest BCUT2D eigenvalue weighted by Crippen LogP contribution is -2.37. The molecule has 0 heterocycles. The van der Waals surface area contributed by atoms with Gasteiger partial charge >= 0.3 is 0 Å². The van der Waals surface area contributed by atoms with Crippen molar-refractivity contribution in [2.45, 2.75) is 44.6 Å². The summed E-state index contributed by atoms with van der Waals surface area (Å²) in [5, 5.41) is 10.4. The summed E-state index contributed by atoms with van der Waals surface area (Å²) in [6.07, 6.45) is 3.61. The fraction of sp³-hybridized carbons (Fsp3) is 0.571. The van der Waals surface area contributed by atoms with Gasteiger partial charge in [-0.3, -0.25) is 0 Å². The zero-order valence-corrected chi connectivity index (χ0v) is 10.0. The first-order valence-electron chi connectivity index (χ1n) is 6.15. The fourth-order valence-electron chi connectivity index (χ4n) is 2.83. The smallest absolute Gasteiger partial charge is 0.162 e. The van der Waals surface area contributed by atoms with E-state index in [-0.39, 0.29) is 12.0 Å². The molecule has 17 heavy (non-hydrogen) atoms. The van der Waals surface area contributed by atoms with Gasteiger partial charge < -0.3 is 5.11 Å². The van der Waals surface area contributed by atoms with Gasteiger partial charge in [-0.2, -0.15) is 0 Å². The van der Waals surface area contributed by atoms with Gasteiger partial charge in [-0.25, -0.2) is 8.78 Å². The molecule has 1 nitrogen and oxygen atoms in total. The van der Waals surface area contributed by atoms with E-state index in [1.165, 1.54) is 6.07 Å². The Bertz CT molecular complexity index is 405. The van der Waals surface area contributed by atoms with Crippen LogP contribution in [0.1, 0.15) is 38.2 Å². The first kappa shape index (κ1) is 12.5. The Morgan fingerprint density at radius 2 is 2.18 bits per heavy atom. The monoisotopic (exact) mass is 240 g/mol. The minimum Gasteiger partial charge on any atom is -0.390 e. The molecule has 0 bridgehead atoms. The van der Waals surface area contributed by atoms with E-state index in [2.05, 4.69) is 6.92 Å². The lowest BCUT2D eigenvalue weighted by molar-refractivity contribution is -0.0131. The minimum atomic E-state index is -0.869. The molecule has 3 heteroatoms. The number of benzene rings is 1. The summed E-state index contributed by atoms with van der Waals surface area (Å²) < 4.78 is 26.6. The first-order chi connectivity index (χ1) is 8.00. The summed E-state index contributed by atoms with van der Waals surface area (Å²) in [5.41, 5.74) is -0.589. The molecule has 0 saturated heterocycles. The van der Waals surface area contributed by atoms with Crippen LogP contribution >= 0.6 is 0 Å². The third-order valence-electron chi connectivity index (χ3n) is 3.62. The van der Waals surface area contributed by atoms with Gasteiger partial charge in [0.05, 0.1) is 5.60 Å². The standard InChI is InChI=1S/C14H18F2O/c1-10-4-3-7-14(17,8-10)9-11-5-2-6-12(15)13(11)16/h2,5-6,10,17H,3-4,7-9H2,1H3. The molecule has 0 spiro atoms. The predicted octanol–water partition coefficient (Wildman–Crippen LogP) is 3.45. The maximum absolute atomic E-state index is 13.5. The van der Waals surface area contributed by atoms with Gasteiger partial charge in [0.15, 0.2) is 11.6 Å².